The Morgan fingerprint density at radius 3 is 2.67 bits per heavy atom. The van der Waals surface area contributed by atoms with Gasteiger partial charge in [-0.3, -0.25) is 0 Å². The van der Waals surface area contributed by atoms with Gasteiger partial charge < -0.3 is 5.73 Å². The Morgan fingerprint density at radius 2 is 2.07 bits per heavy atom. The molecule has 0 aromatic heterocycles. The molecule has 0 amide bonds. The van der Waals surface area contributed by atoms with E-state index in [2.05, 4.69) is 31.2 Å². The van der Waals surface area contributed by atoms with Gasteiger partial charge in [-0.15, -0.1) is 0 Å². The van der Waals surface area contributed by atoms with Gasteiger partial charge in [-0.2, -0.15) is 11.8 Å². The highest BCUT2D eigenvalue weighted by molar-refractivity contribution is 7.99. The summed E-state index contributed by atoms with van der Waals surface area (Å²) in [6, 6.07) is 8.91. The molecule has 1 aromatic carbocycles. The van der Waals surface area contributed by atoms with Crippen LogP contribution >= 0.6 is 11.8 Å². The van der Waals surface area contributed by atoms with E-state index < -0.39 is 0 Å². The highest BCUT2D eigenvalue weighted by Gasteiger charge is 2.21. The summed E-state index contributed by atoms with van der Waals surface area (Å²) in [5.41, 5.74) is 8.91. The molecule has 82 valence electrons. The number of hydrogen-bond acceptors (Lipinski definition) is 2. The lowest BCUT2D eigenvalue weighted by Gasteiger charge is -2.27. The first kappa shape index (κ1) is 11.0. The number of nitrogens with two attached hydrogens (primary N) is 1. The molecule has 2 atom stereocenters. The average molecular weight is 221 g/mol. The van der Waals surface area contributed by atoms with Gasteiger partial charge in [0.15, 0.2) is 0 Å². The van der Waals surface area contributed by atoms with E-state index in [1.54, 1.807) is 0 Å². The zero-order chi connectivity index (χ0) is 10.7. The van der Waals surface area contributed by atoms with Crippen LogP contribution in [0.1, 0.15) is 30.0 Å². The van der Waals surface area contributed by atoms with Gasteiger partial charge in [-0.05, 0) is 42.8 Å². The van der Waals surface area contributed by atoms with E-state index in [1.807, 2.05) is 11.8 Å². The monoisotopic (exact) mass is 221 g/mol. The van der Waals surface area contributed by atoms with Crippen molar-refractivity contribution in [3.8, 4) is 0 Å². The van der Waals surface area contributed by atoms with E-state index in [9.17, 15) is 0 Å². The lowest BCUT2D eigenvalue weighted by molar-refractivity contribution is 0.434. The van der Waals surface area contributed by atoms with Crippen LogP contribution in [-0.2, 0) is 0 Å². The van der Waals surface area contributed by atoms with Gasteiger partial charge in [0.1, 0.15) is 0 Å². The summed E-state index contributed by atoms with van der Waals surface area (Å²) in [5, 5.41) is 0. The summed E-state index contributed by atoms with van der Waals surface area (Å²) in [7, 11) is 0. The predicted molar refractivity (Wildman–Crippen MR) is 68.2 cm³/mol. The molecule has 1 fully saturated rings. The molecule has 2 rings (SSSR count). The van der Waals surface area contributed by atoms with Gasteiger partial charge >= 0.3 is 0 Å². The molecule has 0 spiro atoms. The molecule has 1 aliphatic heterocycles. The second kappa shape index (κ2) is 5.04. The van der Waals surface area contributed by atoms with E-state index in [4.69, 9.17) is 5.73 Å². The molecule has 1 aromatic rings. The van der Waals surface area contributed by atoms with Gasteiger partial charge in [0.25, 0.3) is 0 Å². The number of aryl methyl sites for hydroxylation is 1. The van der Waals surface area contributed by atoms with Crippen LogP contribution in [0.4, 0.5) is 0 Å². The maximum atomic E-state index is 6.31. The average Bonchev–Trinajstić information content (AvgIpc) is 2.30. The van der Waals surface area contributed by atoms with Crippen LogP contribution in [0.5, 0.6) is 0 Å². The molecule has 15 heavy (non-hydrogen) atoms. The van der Waals surface area contributed by atoms with Gasteiger partial charge in [0.2, 0.25) is 0 Å². The van der Waals surface area contributed by atoms with Crippen molar-refractivity contribution in [1.29, 1.82) is 0 Å². The highest BCUT2D eigenvalue weighted by atomic mass is 32.2. The Bertz CT molecular complexity index is 301. The second-order valence-electron chi connectivity index (χ2n) is 4.41. The quantitative estimate of drug-likeness (QED) is 0.830. The molecule has 1 saturated heterocycles. The Hall–Kier alpha value is -0.470. The molecule has 2 heteroatoms. The molecule has 2 unspecified atom stereocenters. The number of rotatable bonds is 2. The molecule has 0 bridgehead atoms. The van der Waals surface area contributed by atoms with E-state index in [0.717, 1.165) is 0 Å². The van der Waals surface area contributed by atoms with Crippen molar-refractivity contribution >= 4 is 11.8 Å². The van der Waals surface area contributed by atoms with Crippen LogP contribution in [0.25, 0.3) is 0 Å². The van der Waals surface area contributed by atoms with E-state index in [0.29, 0.717) is 5.92 Å². The van der Waals surface area contributed by atoms with Crippen molar-refractivity contribution in [3.63, 3.8) is 0 Å². The minimum atomic E-state index is 0.235. The summed E-state index contributed by atoms with van der Waals surface area (Å²) >= 11 is 2.05. The minimum absolute atomic E-state index is 0.235. The zero-order valence-corrected chi connectivity index (χ0v) is 10.1. The lowest BCUT2D eigenvalue weighted by atomic mass is 9.91. The van der Waals surface area contributed by atoms with Crippen LogP contribution < -0.4 is 5.73 Å². The summed E-state index contributed by atoms with van der Waals surface area (Å²) in [6.07, 6.45) is 2.62. The van der Waals surface area contributed by atoms with Crippen LogP contribution in [-0.4, -0.2) is 11.5 Å². The van der Waals surface area contributed by atoms with Crippen LogP contribution in [0.2, 0.25) is 0 Å². The Labute approximate surface area is 96.4 Å². The molecule has 1 aliphatic rings. The van der Waals surface area contributed by atoms with Crippen LogP contribution in [0.3, 0.4) is 0 Å². The SMILES string of the molecule is Cc1ccc(C(N)C2CCCSC2)cc1. The fourth-order valence-electron chi connectivity index (χ4n) is 2.11. The van der Waals surface area contributed by atoms with Crippen molar-refractivity contribution in [2.75, 3.05) is 11.5 Å². The van der Waals surface area contributed by atoms with Crippen molar-refractivity contribution in [2.24, 2.45) is 11.7 Å². The van der Waals surface area contributed by atoms with Crippen molar-refractivity contribution in [1.82, 2.24) is 0 Å². The normalized spacial score (nSPS) is 23.7. The summed E-state index contributed by atoms with van der Waals surface area (Å²) in [5.74, 6) is 3.22. The summed E-state index contributed by atoms with van der Waals surface area (Å²) in [4.78, 5) is 0. The minimum Gasteiger partial charge on any atom is -0.324 e. The Balaban J connectivity index is 2.05. The smallest absolute Gasteiger partial charge is 0.0331 e. The molecule has 0 radical (unpaired) electrons. The van der Waals surface area contributed by atoms with Crippen LogP contribution in [0.15, 0.2) is 24.3 Å². The molecule has 0 saturated carbocycles. The first-order valence-corrected chi connectivity index (χ1v) is 6.83. The van der Waals surface area contributed by atoms with Gasteiger partial charge in [0, 0.05) is 6.04 Å². The second-order valence-corrected chi connectivity index (χ2v) is 5.56. The largest absolute Gasteiger partial charge is 0.324 e. The Morgan fingerprint density at radius 1 is 1.33 bits per heavy atom. The lowest BCUT2D eigenvalue weighted by Crippen LogP contribution is -2.25. The summed E-state index contributed by atoms with van der Waals surface area (Å²) in [6.45, 7) is 2.12. The summed E-state index contributed by atoms with van der Waals surface area (Å²) < 4.78 is 0. The highest BCUT2D eigenvalue weighted by Crippen LogP contribution is 2.31. The molecule has 1 heterocycles. The van der Waals surface area contributed by atoms with Crippen molar-refractivity contribution < 1.29 is 0 Å². The van der Waals surface area contributed by atoms with Gasteiger partial charge in [-0.1, -0.05) is 29.8 Å². The van der Waals surface area contributed by atoms with Crippen molar-refractivity contribution in [2.45, 2.75) is 25.8 Å². The third-order valence-electron chi connectivity index (χ3n) is 3.17. The predicted octanol–water partition coefficient (Wildman–Crippen LogP) is 3.14. The number of thioether (sulfide) groups is 1. The van der Waals surface area contributed by atoms with Crippen LogP contribution in [0, 0.1) is 12.8 Å². The molecular formula is C13H19NS. The molecule has 0 aliphatic carbocycles. The first-order valence-electron chi connectivity index (χ1n) is 5.67. The zero-order valence-electron chi connectivity index (χ0n) is 9.28. The molecule has 1 nitrogen and oxygen atoms in total. The van der Waals surface area contributed by atoms with E-state index in [1.165, 1.54) is 35.5 Å². The topological polar surface area (TPSA) is 26.0 Å². The van der Waals surface area contributed by atoms with Crippen molar-refractivity contribution in [3.05, 3.63) is 35.4 Å². The Kier molecular flexibility index (Phi) is 3.71. The maximum Gasteiger partial charge on any atom is 0.0331 e. The third-order valence-corrected chi connectivity index (χ3v) is 4.41. The number of hydrogen-bond donors (Lipinski definition) is 1. The third kappa shape index (κ3) is 2.76. The standard InChI is InChI=1S/C13H19NS/c1-10-4-6-11(7-5-10)13(14)12-3-2-8-15-9-12/h4-7,12-13H,2-3,8-9,14H2,1H3. The first-order chi connectivity index (χ1) is 7.27. The fraction of sp³-hybridized carbons (Fsp3) is 0.538. The van der Waals surface area contributed by atoms with Gasteiger partial charge in [0.05, 0.1) is 0 Å². The number of benzene rings is 1. The van der Waals surface area contributed by atoms with E-state index in [-0.39, 0.29) is 6.04 Å². The maximum absolute atomic E-state index is 6.31. The molecular weight excluding hydrogens is 202 g/mol. The van der Waals surface area contributed by atoms with E-state index >= 15 is 0 Å². The molecule has 2 N–H and O–H groups in total. The van der Waals surface area contributed by atoms with Gasteiger partial charge in [-0.25, -0.2) is 0 Å². The fourth-order valence-corrected chi connectivity index (χ4v) is 3.32.